The Morgan fingerprint density at radius 1 is 0.454 bits per heavy atom. The number of carbonyl (C=O) groups excluding carboxylic acids is 6. The molecule has 578 valence electrons. The number of hydrogen-bond acceptors (Lipinski definition) is 13. The summed E-state index contributed by atoms with van der Waals surface area (Å²) < 4.78 is 9.28. The van der Waals surface area contributed by atoms with Crippen molar-refractivity contribution in [1.29, 1.82) is 0 Å². The fraction of sp³-hybridized carbons (Fsp3) is 0.298. The number of nitrogens with one attached hydrogen (secondary N) is 2. The molecule has 24 heteroatoms. The maximum Gasteiger partial charge on any atom is 1.00 e. The number of ketones is 3. The zero-order valence-corrected chi connectivity index (χ0v) is 77.7. The van der Waals surface area contributed by atoms with Crippen LogP contribution < -0.4 is 57.4 Å². The molecule has 0 atom stereocenters. The third-order valence-corrected chi connectivity index (χ3v) is 19.7. The third kappa shape index (κ3) is 37.7. The minimum atomic E-state index is -0.766. The maximum atomic E-state index is 12.9. The number of rotatable bonds is 11. The molecule has 8 aromatic carbocycles. The Labute approximate surface area is 718 Å². The van der Waals surface area contributed by atoms with Crippen molar-refractivity contribution in [2.24, 2.45) is 16.2 Å². The third-order valence-electron chi connectivity index (χ3n) is 15.5. The van der Waals surface area contributed by atoms with Gasteiger partial charge in [-0.15, -0.1) is 23.7 Å². The molecule has 0 aliphatic heterocycles. The number of carboxylic acid groups (broad SMARTS) is 1. The smallest absolute Gasteiger partial charge is 0.870 e. The van der Waals surface area contributed by atoms with Gasteiger partial charge in [0.15, 0.2) is 17.3 Å². The van der Waals surface area contributed by atoms with Crippen LogP contribution in [0, 0.1) is 85.5 Å². The normalized spacial score (nSPS) is 10.2. The van der Waals surface area contributed by atoms with Gasteiger partial charge in [0, 0.05) is 95.5 Å². The zero-order chi connectivity index (χ0) is 80.2. The summed E-state index contributed by atoms with van der Waals surface area (Å²) in [6, 6.07) is 46.9. The van der Waals surface area contributed by atoms with Crippen molar-refractivity contribution in [3.63, 3.8) is 0 Å². The minimum Gasteiger partial charge on any atom is -0.870 e. The van der Waals surface area contributed by atoms with Crippen LogP contribution in [0.2, 0.25) is 0 Å². The van der Waals surface area contributed by atoms with Gasteiger partial charge in [0.05, 0.1) is 17.8 Å². The second-order valence-corrected chi connectivity index (χ2v) is 33.7. The number of Topliss-reactive ketones (excluding diaryl/α,β-unsaturated/α-hetero) is 1. The monoisotopic (exact) mass is 1860 g/mol. The summed E-state index contributed by atoms with van der Waals surface area (Å²) in [6.07, 6.45) is 0.150. The first kappa shape index (κ1) is 104. The van der Waals surface area contributed by atoms with Crippen molar-refractivity contribution in [2.45, 2.75) is 138 Å². The van der Waals surface area contributed by atoms with E-state index in [-0.39, 0.29) is 106 Å². The van der Waals surface area contributed by atoms with Crippen LogP contribution in [-0.2, 0) is 30.3 Å². The number of anilines is 5. The maximum absolute atomic E-state index is 12.9. The molecular weight excluding hydrogens is 1760 g/mol. The van der Waals surface area contributed by atoms with Gasteiger partial charge in [0.1, 0.15) is 6.61 Å². The number of amides is 2. The average Bonchev–Trinajstić information content (AvgIpc) is 0.830. The second kappa shape index (κ2) is 49.3. The number of methoxy groups -OCH3 is 1. The van der Waals surface area contributed by atoms with Gasteiger partial charge >= 0.3 is 35.5 Å². The molecule has 9 aromatic rings. The number of halogens is 7. The van der Waals surface area contributed by atoms with E-state index in [1.807, 2.05) is 197 Å². The van der Waals surface area contributed by atoms with Gasteiger partial charge in [-0.1, -0.05) is 159 Å². The Bertz CT molecular complexity index is 4450. The quantitative estimate of drug-likeness (QED) is 0.0304. The molecule has 0 aliphatic carbocycles. The number of benzene rings is 8. The minimum absolute atomic E-state index is 0. The van der Waals surface area contributed by atoms with Gasteiger partial charge < -0.3 is 43.2 Å². The fourth-order valence-electron chi connectivity index (χ4n) is 8.22. The number of nitrogen functional groups attached to an aromatic ring is 3. The van der Waals surface area contributed by atoms with E-state index in [0.29, 0.717) is 39.2 Å². The van der Waals surface area contributed by atoms with Crippen molar-refractivity contribution in [3.05, 3.63) is 268 Å². The van der Waals surface area contributed by atoms with Crippen LogP contribution in [0.1, 0.15) is 165 Å². The molecule has 0 saturated carbocycles. The van der Waals surface area contributed by atoms with E-state index in [0.717, 1.165) is 66.6 Å². The van der Waals surface area contributed by atoms with Gasteiger partial charge in [-0.25, -0.2) is 0 Å². The van der Waals surface area contributed by atoms with Crippen LogP contribution in [0.3, 0.4) is 0 Å². The molecule has 0 fully saturated rings. The topological polar surface area (TPSA) is 281 Å². The van der Waals surface area contributed by atoms with Crippen molar-refractivity contribution >= 4 is 184 Å². The molecule has 0 aliphatic rings. The summed E-state index contributed by atoms with van der Waals surface area (Å²) >= 11 is 23.4. The number of aliphatic carboxylic acids is 1. The predicted octanol–water partition coefficient (Wildman–Crippen LogP) is 20.4. The first-order valence-electron chi connectivity index (χ1n) is 33.1. The Balaban J connectivity index is 0. The molecule has 0 saturated heterocycles. The second-order valence-electron chi connectivity index (χ2n) is 27.9. The van der Waals surface area contributed by atoms with Crippen LogP contribution in [0.25, 0.3) is 0 Å². The molecule has 10 N–H and O–H groups in total. The average molecular weight is 1870 g/mol. The van der Waals surface area contributed by atoms with Crippen molar-refractivity contribution in [3.8, 4) is 0 Å². The summed E-state index contributed by atoms with van der Waals surface area (Å²) in [6.45, 7) is 37.0. The van der Waals surface area contributed by atoms with Gasteiger partial charge in [0.2, 0.25) is 17.1 Å². The van der Waals surface area contributed by atoms with Crippen LogP contribution in [0.4, 0.5) is 28.4 Å². The molecule has 15 nitrogen and oxygen atoms in total. The van der Waals surface area contributed by atoms with E-state index in [1.165, 1.54) is 51.8 Å². The number of carbonyl (C=O) groups is 7. The molecule has 0 radical (unpaired) electrons. The molecule has 0 unspecified atom stereocenters. The van der Waals surface area contributed by atoms with E-state index < -0.39 is 11.4 Å². The molecule has 0 spiro atoms. The number of nitrogens with two attached hydrogens (primary N) is 3. The predicted molar refractivity (Wildman–Crippen MR) is 465 cm³/mol. The standard InChI is InChI=1S/C20H22BrNO2.C15H14BrNO.C13H18BrNO.C9H9BrO2.C8H10BrN.C8H11N.C6H6O2S.C5H9ClO.ClH.Na.H2O/c1-12-9-16(18(23)14-7-6-8-15(21)11-14)17(10-13(12)2)22-19(24)20(3,4)5;1-9-6-13(14(17)7-10(9)2)15(18)11-4-3-5-12(16)8-11;1-8-6-10(14)11(7-9(8)2)15-12(16)13(3,4)5;1-12-6-9(11)7-3-2-4-8(10)5-7;1-5-3-7(9)8(10)4-6(5)2;1-6-3-4-8(9)5-7(6)2;7-6(8)4-5-2-1-3-9-5;1-5(2,3)4(6)7;;;/h6-11H,1-5H3,(H,22,24);3-8H,17H2,1-2H3;6-7H,1-5H3,(H,15,16);2-5H,6H2,1H3;3-4H,10H2,1-2H3;3-5H,9H2,1-2H3;1-3H,4H2,(H,7,8);1-3H3;1H;;1H2/q;;;;;;;;;+1;/p-1. The molecule has 1 heterocycles. The summed E-state index contributed by atoms with van der Waals surface area (Å²) in [5, 5.41) is 15.7. The Kier molecular flexibility index (Phi) is 47.4. The molecule has 108 heavy (non-hydrogen) atoms. The molecule has 0 bridgehead atoms. The summed E-state index contributed by atoms with van der Waals surface area (Å²) in [5.74, 6) is -1.01. The molecule has 2 amide bonds. The zero-order valence-electron chi connectivity index (χ0n) is 65.4. The summed E-state index contributed by atoms with van der Waals surface area (Å²) in [5.41, 5.74) is 34.0. The Morgan fingerprint density at radius 3 is 1.21 bits per heavy atom. The van der Waals surface area contributed by atoms with E-state index in [2.05, 4.69) is 125 Å². The SMILES string of the molecule is CC(C)(C)C(=O)Cl.COCC(=O)c1cccc(Br)c1.Cc1cc(Br)c(NC(=O)C(C)(C)C)cc1C.Cc1cc(N)c(Br)cc1C.Cc1cc(N)c(C(=O)c2cccc(Br)c2)cc1C.Cc1cc(NC(=O)C(C)(C)C)c(C(=O)c2cccc(Br)c2)cc1C.Cc1ccc(N)cc1C.Cl.O=C(O)Cc1cccs1.[Na+].[OH-]. The fourth-order valence-corrected chi connectivity index (χ4v) is 11.1. The van der Waals surface area contributed by atoms with Crippen LogP contribution in [0.5, 0.6) is 0 Å². The van der Waals surface area contributed by atoms with E-state index in [9.17, 15) is 33.6 Å². The van der Waals surface area contributed by atoms with Crippen molar-refractivity contribution in [2.75, 3.05) is 41.6 Å². The first-order chi connectivity index (χ1) is 48.6. The largest absolute Gasteiger partial charge is 1.00 e. The number of ether oxygens (including phenoxy) is 1. The van der Waals surface area contributed by atoms with Gasteiger partial charge in [-0.3, -0.25) is 33.6 Å². The van der Waals surface area contributed by atoms with Crippen molar-refractivity contribution < 1.29 is 78.4 Å². The van der Waals surface area contributed by atoms with Gasteiger partial charge in [-0.05, 0) is 277 Å². The summed E-state index contributed by atoms with van der Waals surface area (Å²) in [4.78, 5) is 82.0. The number of hydrogen-bond donors (Lipinski definition) is 6. The van der Waals surface area contributed by atoms with Gasteiger partial charge in [-0.2, -0.15) is 0 Å². The molecular formula is C84H101Br5Cl2N5NaO10S. The molecule has 1 aromatic heterocycles. The van der Waals surface area contributed by atoms with Crippen LogP contribution in [0.15, 0.2) is 179 Å². The van der Waals surface area contributed by atoms with Crippen LogP contribution in [-0.4, -0.2) is 64.7 Å². The number of thiophene rings is 1. The van der Waals surface area contributed by atoms with Gasteiger partial charge in [0.25, 0.3) is 0 Å². The Hall–Kier alpha value is -6.15. The van der Waals surface area contributed by atoms with E-state index in [4.69, 9.17) is 38.6 Å². The van der Waals surface area contributed by atoms with E-state index in [1.54, 1.807) is 57.2 Å². The van der Waals surface area contributed by atoms with Crippen LogP contribution >= 0.6 is 115 Å². The Morgan fingerprint density at radius 2 is 0.824 bits per heavy atom. The van der Waals surface area contributed by atoms with E-state index >= 15 is 0 Å². The first-order valence-corrected chi connectivity index (χ1v) is 38.3. The summed E-state index contributed by atoms with van der Waals surface area (Å²) in [7, 11) is 1.51. The number of aryl methyl sites for hydroxylation is 10. The number of carboxylic acids is 1. The molecule has 9 rings (SSSR count). The van der Waals surface area contributed by atoms with Crippen molar-refractivity contribution in [1.82, 2.24) is 0 Å².